The number of carbonyl (C=O) groups excluding carboxylic acids is 1. The van der Waals surface area contributed by atoms with Gasteiger partial charge in [-0.3, -0.25) is 9.69 Å². The molecule has 108 valence electrons. The van der Waals surface area contributed by atoms with Gasteiger partial charge in [-0.25, -0.2) is 0 Å². The zero-order chi connectivity index (χ0) is 14.8. The summed E-state index contributed by atoms with van der Waals surface area (Å²) in [6, 6.07) is 9.53. The van der Waals surface area contributed by atoms with Gasteiger partial charge in [-0.15, -0.1) is 11.8 Å². The number of thioether (sulfide) groups is 2. The van der Waals surface area contributed by atoms with E-state index in [1.165, 1.54) is 16.8 Å². The van der Waals surface area contributed by atoms with E-state index in [1.807, 2.05) is 54.2 Å². The molecule has 0 radical (unpaired) electrons. The number of hydrogen-bond acceptors (Lipinski definition) is 5. The van der Waals surface area contributed by atoms with Crippen LogP contribution < -0.4 is 4.90 Å². The molecule has 2 saturated heterocycles. The molecule has 0 N–H and O–H groups in total. The van der Waals surface area contributed by atoms with Crippen LogP contribution in [0.4, 0.5) is 5.69 Å². The van der Waals surface area contributed by atoms with Crippen LogP contribution in [0.5, 0.6) is 0 Å². The van der Waals surface area contributed by atoms with E-state index in [0.717, 1.165) is 18.0 Å². The smallest absolute Gasteiger partial charge is 0.270 e. The lowest BCUT2D eigenvalue weighted by Crippen LogP contribution is -2.27. The molecule has 21 heavy (non-hydrogen) atoms. The molecule has 2 fully saturated rings. The van der Waals surface area contributed by atoms with Gasteiger partial charge < -0.3 is 4.90 Å². The van der Waals surface area contributed by atoms with E-state index in [-0.39, 0.29) is 5.91 Å². The minimum Gasteiger partial charge on any atom is -0.369 e. The molecule has 3 nitrogen and oxygen atoms in total. The van der Waals surface area contributed by atoms with E-state index >= 15 is 0 Å². The first-order valence-corrected chi connectivity index (χ1v) is 8.75. The molecular formula is C15H14N2OS3. The Morgan fingerprint density at radius 2 is 2.00 bits per heavy atom. The number of allylic oxidation sites excluding steroid dienone is 2. The van der Waals surface area contributed by atoms with Crippen LogP contribution in [0, 0.1) is 0 Å². The molecule has 2 aliphatic heterocycles. The number of nitrogens with zero attached hydrogens (tertiary/aromatic N) is 2. The summed E-state index contributed by atoms with van der Waals surface area (Å²) in [5, 5.41) is 1.19. The molecule has 0 unspecified atom stereocenters. The number of amides is 1. The summed E-state index contributed by atoms with van der Waals surface area (Å²) in [5.74, 6) is 1.06. The van der Waals surface area contributed by atoms with E-state index in [1.54, 1.807) is 4.90 Å². The lowest BCUT2D eigenvalue weighted by atomic mass is 10.3. The molecule has 0 saturated carbocycles. The highest BCUT2D eigenvalue weighted by Gasteiger charge is 2.32. The van der Waals surface area contributed by atoms with E-state index in [0.29, 0.717) is 9.23 Å². The molecular weight excluding hydrogens is 320 g/mol. The van der Waals surface area contributed by atoms with Crippen molar-refractivity contribution in [3.8, 4) is 0 Å². The van der Waals surface area contributed by atoms with Gasteiger partial charge in [0, 0.05) is 19.3 Å². The summed E-state index contributed by atoms with van der Waals surface area (Å²) >= 11 is 8.51. The summed E-state index contributed by atoms with van der Waals surface area (Å²) in [6.07, 6.45) is 3.89. The van der Waals surface area contributed by atoms with E-state index in [9.17, 15) is 4.79 Å². The maximum atomic E-state index is 12.5. The Labute approximate surface area is 138 Å². The highest BCUT2D eigenvalue weighted by Crippen LogP contribution is 2.35. The van der Waals surface area contributed by atoms with Gasteiger partial charge in [-0.05, 0) is 24.3 Å². The zero-order valence-electron chi connectivity index (χ0n) is 11.5. The Kier molecular flexibility index (Phi) is 4.37. The Morgan fingerprint density at radius 3 is 2.67 bits per heavy atom. The van der Waals surface area contributed by atoms with Crippen molar-refractivity contribution in [3.63, 3.8) is 0 Å². The molecule has 0 spiro atoms. The second-order valence-electron chi connectivity index (χ2n) is 4.65. The Balaban J connectivity index is 1.84. The van der Waals surface area contributed by atoms with Crippen molar-refractivity contribution < 1.29 is 4.79 Å². The number of thiocarbonyl (C=S) groups is 1. The second kappa shape index (κ2) is 6.25. The Morgan fingerprint density at radius 1 is 1.24 bits per heavy atom. The average molecular weight is 334 g/mol. The van der Waals surface area contributed by atoms with Gasteiger partial charge in [0.1, 0.15) is 0 Å². The fourth-order valence-corrected chi connectivity index (χ4v) is 4.40. The molecule has 2 heterocycles. The topological polar surface area (TPSA) is 23.6 Å². The normalized spacial score (nSPS) is 22.9. The standard InChI is InChI=1S/C15H14N2OS3/c1-16-9-10-20-13(16)8-7-12-14(18)17(15(19)21-12)11-5-3-2-4-6-11/h2-8H,9-10H2,1H3/b12-7+,13-8+. The van der Waals surface area contributed by atoms with Crippen molar-refractivity contribution in [2.45, 2.75) is 0 Å². The molecule has 0 bridgehead atoms. The van der Waals surface area contributed by atoms with Gasteiger partial charge in [-0.2, -0.15) is 0 Å². The van der Waals surface area contributed by atoms with Crippen molar-refractivity contribution in [3.05, 3.63) is 52.4 Å². The number of rotatable bonds is 2. The third kappa shape index (κ3) is 3.02. The van der Waals surface area contributed by atoms with Crippen LogP contribution in [0.15, 0.2) is 52.4 Å². The second-order valence-corrected chi connectivity index (χ2v) is 7.44. The fourth-order valence-electron chi connectivity index (χ4n) is 2.11. The van der Waals surface area contributed by atoms with Gasteiger partial charge in [0.25, 0.3) is 5.91 Å². The molecule has 1 aromatic rings. The Bertz CT molecular complexity index is 640. The summed E-state index contributed by atoms with van der Waals surface area (Å²) in [7, 11) is 2.06. The maximum Gasteiger partial charge on any atom is 0.270 e. The number of para-hydroxylation sites is 1. The lowest BCUT2D eigenvalue weighted by Gasteiger charge is -2.13. The van der Waals surface area contributed by atoms with Crippen molar-refractivity contribution in [2.24, 2.45) is 0 Å². The number of anilines is 1. The van der Waals surface area contributed by atoms with Crippen LogP contribution in [0.1, 0.15) is 0 Å². The molecule has 6 heteroatoms. The zero-order valence-corrected chi connectivity index (χ0v) is 13.9. The van der Waals surface area contributed by atoms with E-state index in [4.69, 9.17) is 12.2 Å². The number of carbonyl (C=O) groups is 1. The summed E-state index contributed by atoms with van der Waals surface area (Å²) < 4.78 is 0.586. The summed E-state index contributed by atoms with van der Waals surface area (Å²) in [4.78, 5) is 17.0. The average Bonchev–Trinajstić information content (AvgIpc) is 3.01. The fraction of sp³-hybridized carbons (Fsp3) is 0.200. The molecule has 0 atom stereocenters. The molecule has 0 aromatic heterocycles. The van der Waals surface area contributed by atoms with Crippen LogP contribution in [-0.4, -0.2) is 34.5 Å². The summed E-state index contributed by atoms with van der Waals surface area (Å²) in [6.45, 7) is 1.05. The van der Waals surface area contributed by atoms with Gasteiger partial charge >= 0.3 is 0 Å². The summed E-state index contributed by atoms with van der Waals surface area (Å²) in [5.41, 5.74) is 0.823. The highest BCUT2D eigenvalue weighted by molar-refractivity contribution is 8.27. The molecule has 0 aliphatic carbocycles. The van der Waals surface area contributed by atoms with Crippen molar-refractivity contribution in [1.82, 2.24) is 4.90 Å². The molecule has 2 aliphatic rings. The van der Waals surface area contributed by atoms with Crippen LogP contribution in [0.3, 0.4) is 0 Å². The van der Waals surface area contributed by atoms with Gasteiger partial charge in [0.05, 0.1) is 15.6 Å². The van der Waals surface area contributed by atoms with Crippen molar-refractivity contribution in [2.75, 3.05) is 24.2 Å². The van der Waals surface area contributed by atoms with Gasteiger partial charge in [0.2, 0.25) is 0 Å². The minimum atomic E-state index is -0.0429. The van der Waals surface area contributed by atoms with Gasteiger partial charge in [-0.1, -0.05) is 42.2 Å². The maximum absolute atomic E-state index is 12.5. The first-order chi connectivity index (χ1) is 10.2. The SMILES string of the molecule is CN1CCS/C1=C/C=C1/SC(=S)N(c2ccccc2)C1=O. The van der Waals surface area contributed by atoms with Crippen molar-refractivity contribution in [1.29, 1.82) is 0 Å². The third-order valence-electron chi connectivity index (χ3n) is 3.24. The quantitative estimate of drug-likeness (QED) is 0.609. The lowest BCUT2D eigenvalue weighted by molar-refractivity contribution is -0.113. The third-order valence-corrected chi connectivity index (χ3v) is 5.69. The van der Waals surface area contributed by atoms with Crippen LogP contribution in [0.25, 0.3) is 0 Å². The van der Waals surface area contributed by atoms with E-state index in [2.05, 4.69) is 11.9 Å². The predicted octanol–water partition coefficient (Wildman–Crippen LogP) is 3.46. The van der Waals surface area contributed by atoms with Crippen LogP contribution in [-0.2, 0) is 4.79 Å². The Hall–Kier alpha value is -1.24. The largest absolute Gasteiger partial charge is 0.369 e. The monoisotopic (exact) mass is 334 g/mol. The minimum absolute atomic E-state index is 0.0429. The van der Waals surface area contributed by atoms with Gasteiger partial charge in [0.15, 0.2) is 4.32 Å². The molecule has 1 aromatic carbocycles. The first kappa shape index (κ1) is 14.7. The predicted molar refractivity (Wildman–Crippen MR) is 95.4 cm³/mol. The number of benzene rings is 1. The van der Waals surface area contributed by atoms with Crippen LogP contribution >= 0.6 is 35.7 Å². The van der Waals surface area contributed by atoms with E-state index < -0.39 is 0 Å². The van der Waals surface area contributed by atoms with Crippen LogP contribution in [0.2, 0.25) is 0 Å². The highest BCUT2D eigenvalue weighted by atomic mass is 32.2. The first-order valence-electron chi connectivity index (χ1n) is 6.54. The molecule has 1 amide bonds. The van der Waals surface area contributed by atoms with Crippen molar-refractivity contribution >= 4 is 51.7 Å². The number of hydrogen-bond donors (Lipinski definition) is 0. The molecule has 3 rings (SSSR count).